The average Bonchev–Trinajstić information content (AvgIpc) is 2.61. The van der Waals surface area contributed by atoms with Gasteiger partial charge >= 0.3 is 0 Å². The molecule has 1 unspecified atom stereocenters. The average molecular weight is 199 g/mol. The number of rotatable bonds is 2. The van der Waals surface area contributed by atoms with E-state index >= 15 is 0 Å². The smallest absolute Gasteiger partial charge is 0.186 e. The van der Waals surface area contributed by atoms with Gasteiger partial charge < -0.3 is 5.32 Å². The molecule has 0 heterocycles. The van der Waals surface area contributed by atoms with Gasteiger partial charge in [-0.2, -0.15) is 5.10 Å². The summed E-state index contributed by atoms with van der Waals surface area (Å²) in [5, 5.41) is 7.74. The fraction of sp³-hybridized carbons (Fsp3) is 0.778. The summed E-state index contributed by atoms with van der Waals surface area (Å²) in [6.07, 6.45) is 4.86. The second kappa shape index (κ2) is 5.17. The molecule has 2 N–H and O–H groups in total. The van der Waals surface area contributed by atoms with Crippen LogP contribution in [0.3, 0.4) is 0 Å². The van der Waals surface area contributed by atoms with Crippen LogP contribution in [0.5, 0.6) is 0 Å². The van der Waals surface area contributed by atoms with Crippen molar-refractivity contribution in [2.45, 2.75) is 32.6 Å². The summed E-state index contributed by atoms with van der Waals surface area (Å²) in [6.45, 7) is 2.21. The van der Waals surface area contributed by atoms with Crippen molar-refractivity contribution in [2.75, 3.05) is 7.05 Å². The minimum Gasteiger partial charge on any atom is -0.364 e. The van der Waals surface area contributed by atoms with Crippen LogP contribution >= 0.6 is 12.2 Å². The third-order valence-electron chi connectivity index (χ3n) is 2.48. The maximum absolute atomic E-state index is 4.94. The molecule has 1 aliphatic rings. The Morgan fingerprint density at radius 3 is 3.08 bits per heavy atom. The van der Waals surface area contributed by atoms with Gasteiger partial charge in [-0.15, -0.1) is 0 Å². The Hall–Kier alpha value is -0.640. The second-order valence-corrected chi connectivity index (χ2v) is 3.70. The first-order valence-electron chi connectivity index (χ1n) is 4.82. The number of hydrogen-bond acceptors (Lipinski definition) is 2. The topological polar surface area (TPSA) is 36.4 Å². The number of hydrogen-bond donors (Lipinski definition) is 2. The van der Waals surface area contributed by atoms with E-state index in [1.54, 1.807) is 7.05 Å². The molecule has 0 aromatic rings. The molecule has 0 aromatic heterocycles. The third-order valence-corrected chi connectivity index (χ3v) is 2.77. The van der Waals surface area contributed by atoms with E-state index in [0.29, 0.717) is 11.0 Å². The van der Waals surface area contributed by atoms with Gasteiger partial charge in [-0.3, -0.25) is 5.43 Å². The van der Waals surface area contributed by atoms with Crippen LogP contribution in [0.1, 0.15) is 32.6 Å². The Morgan fingerprint density at radius 2 is 2.46 bits per heavy atom. The molecule has 0 radical (unpaired) electrons. The SMILES string of the molecule is CCC1CCC/C1=N/NC(=S)NC. The monoisotopic (exact) mass is 199 g/mol. The van der Waals surface area contributed by atoms with E-state index in [0.717, 1.165) is 6.42 Å². The van der Waals surface area contributed by atoms with Crippen molar-refractivity contribution in [3.63, 3.8) is 0 Å². The molecule has 13 heavy (non-hydrogen) atoms. The highest BCUT2D eigenvalue weighted by Crippen LogP contribution is 2.24. The zero-order chi connectivity index (χ0) is 9.68. The van der Waals surface area contributed by atoms with E-state index in [-0.39, 0.29) is 0 Å². The first kappa shape index (κ1) is 10.4. The molecule has 4 heteroatoms. The summed E-state index contributed by atoms with van der Waals surface area (Å²) in [6, 6.07) is 0. The summed E-state index contributed by atoms with van der Waals surface area (Å²) in [5.74, 6) is 0.673. The van der Waals surface area contributed by atoms with Crippen molar-refractivity contribution >= 4 is 23.0 Å². The lowest BCUT2D eigenvalue weighted by Gasteiger charge is -2.08. The lowest BCUT2D eigenvalue weighted by molar-refractivity contribution is 0.641. The first-order chi connectivity index (χ1) is 6.27. The van der Waals surface area contributed by atoms with Gasteiger partial charge in [0.2, 0.25) is 0 Å². The summed E-state index contributed by atoms with van der Waals surface area (Å²) >= 11 is 4.94. The van der Waals surface area contributed by atoms with Gasteiger partial charge in [0.05, 0.1) is 0 Å². The standard InChI is InChI=1S/C9H17N3S/c1-3-7-5-4-6-8(7)11-12-9(13)10-2/h7H,3-6H2,1-2H3,(H2,10,12,13)/b11-8-. The zero-order valence-electron chi connectivity index (χ0n) is 8.26. The van der Waals surface area contributed by atoms with Crippen LogP contribution in [0.4, 0.5) is 0 Å². The molecule has 0 amide bonds. The summed E-state index contributed by atoms with van der Waals surface area (Å²) < 4.78 is 0. The maximum atomic E-state index is 4.94. The lowest BCUT2D eigenvalue weighted by Crippen LogP contribution is -2.29. The van der Waals surface area contributed by atoms with Crippen molar-refractivity contribution in [1.82, 2.24) is 10.7 Å². The van der Waals surface area contributed by atoms with E-state index in [1.165, 1.54) is 25.0 Å². The van der Waals surface area contributed by atoms with Crippen LogP contribution < -0.4 is 10.7 Å². The van der Waals surface area contributed by atoms with Crippen LogP contribution in [0, 0.1) is 5.92 Å². The van der Waals surface area contributed by atoms with Gasteiger partial charge in [-0.25, -0.2) is 0 Å². The highest BCUT2D eigenvalue weighted by atomic mass is 32.1. The van der Waals surface area contributed by atoms with Crippen LogP contribution in [-0.4, -0.2) is 17.9 Å². The number of nitrogens with one attached hydrogen (secondary N) is 2. The Bertz CT molecular complexity index is 213. The van der Waals surface area contributed by atoms with E-state index in [2.05, 4.69) is 22.8 Å². The molecular weight excluding hydrogens is 182 g/mol. The molecule has 0 saturated heterocycles. The first-order valence-corrected chi connectivity index (χ1v) is 5.23. The van der Waals surface area contributed by atoms with Crippen LogP contribution in [0.25, 0.3) is 0 Å². The molecule has 0 aliphatic heterocycles. The number of thiocarbonyl (C=S) groups is 1. The van der Waals surface area contributed by atoms with Gasteiger partial charge in [-0.05, 0) is 43.8 Å². The van der Waals surface area contributed by atoms with Crippen molar-refractivity contribution in [3.05, 3.63) is 0 Å². The van der Waals surface area contributed by atoms with Crippen LogP contribution in [0.2, 0.25) is 0 Å². The molecule has 1 fully saturated rings. The van der Waals surface area contributed by atoms with Gasteiger partial charge in [0.25, 0.3) is 0 Å². The Morgan fingerprint density at radius 1 is 1.69 bits per heavy atom. The molecule has 3 nitrogen and oxygen atoms in total. The molecular formula is C9H17N3S. The van der Waals surface area contributed by atoms with Crippen molar-refractivity contribution in [1.29, 1.82) is 0 Å². The highest BCUT2D eigenvalue weighted by molar-refractivity contribution is 7.80. The molecule has 0 bridgehead atoms. The predicted octanol–water partition coefficient (Wildman–Crippen LogP) is 1.65. The predicted molar refractivity (Wildman–Crippen MR) is 59.9 cm³/mol. The molecule has 0 spiro atoms. The van der Waals surface area contributed by atoms with Crippen molar-refractivity contribution in [3.8, 4) is 0 Å². The second-order valence-electron chi connectivity index (χ2n) is 3.29. The molecule has 1 aliphatic carbocycles. The molecule has 1 saturated carbocycles. The van der Waals surface area contributed by atoms with Crippen molar-refractivity contribution in [2.24, 2.45) is 11.0 Å². The lowest BCUT2D eigenvalue weighted by atomic mass is 10.0. The van der Waals surface area contributed by atoms with Crippen molar-refractivity contribution < 1.29 is 0 Å². The quantitative estimate of drug-likeness (QED) is 0.524. The van der Waals surface area contributed by atoms with E-state index in [1.807, 2.05) is 0 Å². The maximum Gasteiger partial charge on any atom is 0.186 e. The van der Waals surface area contributed by atoms with E-state index in [4.69, 9.17) is 12.2 Å². The zero-order valence-corrected chi connectivity index (χ0v) is 9.08. The largest absolute Gasteiger partial charge is 0.364 e. The van der Waals surface area contributed by atoms with Crippen LogP contribution in [0.15, 0.2) is 5.10 Å². The fourth-order valence-electron chi connectivity index (χ4n) is 1.67. The van der Waals surface area contributed by atoms with E-state index < -0.39 is 0 Å². The molecule has 0 aromatic carbocycles. The summed E-state index contributed by atoms with van der Waals surface area (Å²) in [5.41, 5.74) is 4.12. The minimum atomic E-state index is 0.592. The van der Waals surface area contributed by atoms with Crippen LogP contribution in [-0.2, 0) is 0 Å². The fourth-order valence-corrected chi connectivity index (χ4v) is 1.71. The summed E-state index contributed by atoms with van der Waals surface area (Å²) in [7, 11) is 1.79. The Balaban J connectivity index is 2.45. The van der Waals surface area contributed by atoms with Gasteiger partial charge in [-0.1, -0.05) is 6.92 Å². The minimum absolute atomic E-state index is 0.592. The number of nitrogens with zero attached hydrogens (tertiary/aromatic N) is 1. The third kappa shape index (κ3) is 2.95. The Labute approximate surface area is 85.0 Å². The van der Waals surface area contributed by atoms with Gasteiger partial charge in [0, 0.05) is 12.8 Å². The highest BCUT2D eigenvalue weighted by Gasteiger charge is 2.20. The Kier molecular flexibility index (Phi) is 4.15. The molecule has 74 valence electrons. The number of hydrazone groups is 1. The van der Waals surface area contributed by atoms with Gasteiger partial charge in [0.1, 0.15) is 0 Å². The van der Waals surface area contributed by atoms with E-state index in [9.17, 15) is 0 Å². The normalized spacial score (nSPS) is 24.8. The molecule has 1 atom stereocenters. The molecule has 1 rings (SSSR count). The van der Waals surface area contributed by atoms with Gasteiger partial charge in [0.15, 0.2) is 5.11 Å². The summed E-state index contributed by atoms with van der Waals surface area (Å²) in [4.78, 5) is 0.